The molecule has 146 valence electrons. The molecular weight excluding hydrogens is 413 g/mol. The standard InChI is InChI=1S/C18H14Cl2F2N4O2/c19-11-3-9(4-24-17(11)20)10-5-23-14-1-2-25(18(28)16(10)14)8-15(27)26-6-12(21)13(22)7-26/h1-5,12-13,23H,6-8H2. The van der Waals surface area contributed by atoms with Gasteiger partial charge >= 0.3 is 0 Å². The zero-order valence-electron chi connectivity index (χ0n) is 14.3. The number of hydrogen-bond donors (Lipinski definition) is 1. The van der Waals surface area contributed by atoms with Crippen molar-refractivity contribution >= 4 is 40.0 Å². The van der Waals surface area contributed by atoms with Gasteiger partial charge in [-0.25, -0.2) is 13.8 Å². The lowest BCUT2D eigenvalue weighted by Crippen LogP contribution is -2.35. The molecule has 4 heterocycles. The normalized spacial score (nSPS) is 19.5. The minimum absolute atomic E-state index is 0.149. The number of H-pyrrole nitrogens is 1. The summed E-state index contributed by atoms with van der Waals surface area (Å²) in [6, 6.07) is 3.24. The van der Waals surface area contributed by atoms with E-state index in [1.54, 1.807) is 18.3 Å². The molecule has 4 rings (SSSR count). The maximum Gasteiger partial charge on any atom is 0.261 e. The molecule has 1 aliphatic rings. The highest BCUT2D eigenvalue weighted by Crippen LogP contribution is 2.30. The third-order valence-corrected chi connectivity index (χ3v) is 5.44. The molecule has 2 atom stereocenters. The number of nitrogens with zero attached hydrogens (tertiary/aromatic N) is 3. The number of rotatable bonds is 3. The number of amides is 1. The predicted molar refractivity (Wildman–Crippen MR) is 102 cm³/mol. The fourth-order valence-corrected chi connectivity index (χ4v) is 3.54. The molecule has 0 aromatic carbocycles. The van der Waals surface area contributed by atoms with Crippen LogP contribution in [0.2, 0.25) is 10.2 Å². The quantitative estimate of drug-likeness (QED) is 0.653. The fraction of sp³-hybridized carbons (Fsp3) is 0.278. The number of likely N-dealkylation sites (tertiary alicyclic amines) is 1. The van der Waals surface area contributed by atoms with Gasteiger partial charge in [-0.1, -0.05) is 23.2 Å². The van der Waals surface area contributed by atoms with E-state index in [0.717, 1.165) is 4.90 Å². The molecule has 1 fully saturated rings. The first-order valence-corrected chi connectivity index (χ1v) is 9.18. The van der Waals surface area contributed by atoms with Crippen molar-refractivity contribution in [3.63, 3.8) is 0 Å². The first-order chi connectivity index (χ1) is 13.3. The molecule has 0 bridgehead atoms. The minimum atomic E-state index is -1.69. The summed E-state index contributed by atoms with van der Waals surface area (Å²) in [6.45, 7) is -0.916. The summed E-state index contributed by atoms with van der Waals surface area (Å²) in [7, 11) is 0. The maximum atomic E-state index is 13.3. The summed E-state index contributed by atoms with van der Waals surface area (Å²) in [4.78, 5) is 33.4. The first-order valence-electron chi connectivity index (χ1n) is 8.43. The van der Waals surface area contributed by atoms with Crippen molar-refractivity contribution in [3.05, 3.63) is 51.3 Å². The Bertz CT molecular complexity index is 1120. The molecule has 1 N–H and O–H groups in total. The second-order valence-electron chi connectivity index (χ2n) is 6.57. The van der Waals surface area contributed by atoms with E-state index in [9.17, 15) is 18.4 Å². The summed E-state index contributed by atoms with van der Waals surface area (Å²) in [5.41, 5.74) is 1.30. The van der Waals surface area contributed by atoms with Gasteiger partial charge in [-0.3, -0.25) is 9.59 Å². The van der Waals surface area contributed by atoms with E-state index in [1.165, 1.54) is 17.0 Å². The smallest absolute Gasteiger partial charge is 0.261 e. The Morgan fingerprint density at radius 1 is 1.29 bits per heavy atom. The molecule has 28 heavy (non-hydrogen) atoms. The van der Waals surface area contributed by atoms with Gasteiger partial charge in [0.25, 0.3) is 5.56 Å². The average molecular weight is 427 g/mol. The number of halogens is 4. The van der Waals surface area contributed by atoms with E-state index in [-0.39, 0.29) is 29.8 Å². The van der Waals surface area contributed by atoms with Gasteiger partial charge < -0.3 is 14.5 Å². The highest BCUT2D eigenvalue weighted by atomic mass is 35.5. The van der Waals surface area contributed by atoms with E-state index in [0.29, 0.717) is 22.0 Å². The van der Waals surface area contributed by atoms with Crippen LogP contribution in [0.15, 0.2) is 35.5 Å². The van der Waals surface area contributed by atoms with Crippen LogP contribution in [0.4, 0.5) is 8.78 Å². The third kappa shape index (κ3) is 3.27. The van der Waals surface area contributed by atoms with Crippen molar-refractivity contribution in [2.45, 2.75) is 18.9 Å². The van der Waals surface area contributed by atoms with Crippen molar-refractivity contribution in [1.29, 1.82) is 0 Å². The third-order valence-electron chi connectivity index (χ3n) is 4.75. The molecule has 1 amide bonds. The predicted octanol–water partition coefficient (Wildman–Crippen LogP) is 3.22. The molecule has 0 spiro atoms. The Hall–Kier alpha value is -2.45. The molecule has 1 saturated heterocycles. The van der Waals surface area contributed by atoms with Crippen molar-refractivity contribution in [3.8, 4) is 11.1 Å². The molecule has 3 aromatic heterocycles. The van der Waals surface area contributed by atoms with E-state index >= 15 is 0 Å². The molecule has 10 heteroatoms. The maximum absolute atomic E-state index is 13.3. The lowest BCUT2D eigenvalue weighted by atomic mass is 10.1. The summed E-state index contributed by atoms with van der Waals surface area (Å²) in [6.07, 6.45) is 1.21. The Morgan fingerprint density at radius 2 is 2.00 bits per heavy atom. The summed E-state index contributed by atoms with van der Waals surface area (Å²) in [5, 5.41) is 0.746. The zero-order chi connectivity index (χ0) is 20.0. The second kappa shape index (κ2) is 7.18. The average Bonchev–Trinajstić information content (AvgIpc) is 3.24. The Kier molecular flexibility index (Phi) is 4.84. The van der Waals surface area contributed by atoms with E-state index < -0.39 is 23.8 Å². The SMILES string of the molecule is O=C(Cn1ccc2[nH]cc(-c3cnc(Cl)c(Cl)c3)c2c1=O)N1CC(F)C(F)C1. The van der Waals surface area contributed by atoms with E-state index in [1.807, 2.05) is 0 Å². The van der Waals surface area contributed by atoms with Crippen molar-refractivity contribution < 1.29 is 13.6 Å². The van der Waals surface area contributed by atoms with E-state index in [2.05, 4.69) is 9.97 Å². The Balaban J connectivity index is 1.70. The Labute approximate surface area is 167 Å². The van der Waals surface area contributed by atoms with Crippen LogP contribution in [0.3, 0.4) is 0 Å². The van der Waals surface area contributed by atoms with Gasteiger partial charge in [0.1, 0.15) is 11.7 Å². The zero-order valence-corrected chi connectivity index (χ0v) is 15.8. The summed E-state index contributed by atoms with van der Waals surface area (Å²) < 4.78 is 27.9. The molecule has 0 aliphatic carbocycles. The summed E-state index contributed by atoms with van der Waals surface area (Å²) in [5.74, 6) is -0.516. The molecule has 3 aromatic rings. The number of aromatic nitrogens is 3. The van der Waals surface area contributed by atoms with Gasteiger partial charge in [0.15, 0.2) is 12.3 Å². The van der Waals surface area contributed by atoms with Crippen LogP contribution in [-0.2, 0) is 11.3 Å². The number of carbonyl (C=O) groups excluding carboxylic acids is 1. The van der Waals surface area contributed by atoms with Crippen LogP contribution in [0, 0.1) is 0 Å². The van der Waals surface area contributed by atoms with Gasteiger partial charge in [-0.15, -0.1) is 0 Å². The molecule has 1 aliphatic heterocycles. The van der Waals surface area contributed by atoms with Crippen LogP contribution in [0.5, 0.6) is 0 Å². The highest BCUT2D eigenvalue weighted by Gasteiger charge is 2.35. The number of pyridine rings is 2. The van der Waals surface area contributed by atoms with Crippen LogP contribution < -0.4 is 5.56 Å². The van der Waals surface area contributed by atoms with Gasteiger partial charge in [0.05, 0.1) is 29.0 Å². The lowest BCUT2D eigenvalue weighted by Gasteiger charge is -2.16. The van der Waals surface area contributed by atoms with E-state index in [4.69, 9.17) is 23.2 Å². The number of nitrogens with one attached hydrogen (secondary N) is 1. The lowest BCUT2D eigenvalue weighted by molar-refractivity contribution is -0.131. The number of aromatic amines is 1. The molecule has 2 unspecified atom stereocenters. The van der Waals surface area contributed by atoms with Gasteiger partial charge in [-0.2, -0.15) is 0 Å². The van der Waals surface area contributed by atoms with Crippen molar-refractivity contribution in [2.75, 3.05) is 13.1 Å². The van der Waals surface area contributed by atoms with Crippen molar-refractivity contribution in [1.82, 2.24) is 19.4 Å². The number of alkyl halides is 2. The largest absolute Gasteiger partial charge is 0.360 e. The van der Waals surface area contributed by atoms with Crippen LogP contribution in [-0.4, -0.2) is 50.8 Å². The topological polar surface area (TPSA) is 71.0 Å². The fourth-order valence-electron chi connectivity index (χ4n) is 3.27. The molecular formula is C18H14Cl2F2N4O2. The highest BCUT2D eigenvalue weighted by molar-refractivity contribution is 6.41. The first kappa shape index (κ1) is 18.9. The van der Waals surface area contributed by atoms with Crippen LogP contribution >= 0.6 is 23.2 Å². The second-order valence-corrected chi connectivity index (χ2v) is 7.33. The molecule has 0 saturated carbocycles. The van der Waals surface area contributed by atoms with Gasteiger partial charge in [0.2, 0.25) is 5.91 Å². The van der Waals surface area contributed by atoms with Crippen LogP contribution in [0.25, 0.3) is 22.0 Å². The number of carbonyl (C=O) groups is 1. The number of hydrogen-bond acceptors (Lipinski definition) is 3. The summed E-state index contributed by atoms with van der Waals surface area (Å²) >= 11 is 11.9. The number of fused-ring (bicyclic) bond motifs is 1. The minimum Gasteiger partial charge on any atom is -0.360 e. The monoisotopic (exact) mass is 426 g/mol. The molecule has 6 nitrogen and oxygen atoms in total. The molecule has 0 radical (unpaired) electrons. The Morgan fingerprint density at radius 3 is 2.68 bits per heavy atom. The van der Waals surface area contributed by atoms with Crippen LogP contribution in [0.1, 0.15) is 0 Å². The van der Waals surface area contributed by atoms with Crippen molar-refractivity contribution in [2.24, 2.45) is 0 Å². The van der Waals surface area contributed by atoms with Gasteiger partial charge in [0, 0.05) is 29.7 Å². The van der Waals surface area contributed by atoms with Gasteiger partial charge in [-0.05, 0) is 12.1 Å².